The molecule has 11 nitrogen and oxygen atoms in total. The van der Waals surface area contributed by atoms with Crippen LogP contribution in [0.2, 0.25) is 0 Å². The quantitative estimate of drug-likeness (QED) is 0.0695. The van der Waals surface area contributed by atoms with Gasteiger partial charge in [0, 0.05) is 84.7 Å². The van der Waals surface area contributed by atoms with Crippen molar-refractivity contribution < 1.29 is 28.4 Å². The van der Waals surface area contributed by atoms with Crippen LogP contribution in [0.15, 0.2) is 309 Å². The second kappa shape index (κ2) is 26.9. The molecule has 95 heavy (non-hydrogen) atoms. The van der Waals surface area contributed by atoms with Crippen molar-refractivity contribution >= 4 is 90.1 Å². The molecule has 0 aliphatic carbocycles. The van der Waals surface area contributed by atoms with Gasteiger partial charge in [0.1, 0.15) is 34.5 Å². The monoisotopic (exact) mass is 1240 g/mol. The molecule has 0 unspecified atom stereocenters. The minimum absolute atomic E-state index is 0.781. The lowest BCUT2D eigenvalue weighted by Gasteiger charge is -2.27. The summed E-state index contributed by atoms with van der Waals surface area (Å²) in [6.07, 6.45) is 0. The number of fused-ring (bicyclic) bond motifs is 3. The third-order valence-electron chi connectivity index (χ3n) is 17.4. The van der Waals surface area contributed by atoms with Crippen LogP contribution >= 0.6 is 0 Å². The van der Waals surface area contributed by atoms with Crippen molar-refractivity contribution in [1.82, 2.24) is 4.57 Å². The Morgan fingerprint density at radius 1 is 0.200 bits per heavy atom. The van der Waals surface area contributed by atoms with Crippen molar-refractivity contribution in [2.45, 2.75) is 0 Å². The lowest BCUT2D eigenvalue weighted by atomic mass is 10.0. The Balaban J connectivity index is 0.825. The van der Waals surface area contributed by atoms with E-state index in [2.05, 4.69) is 261 Å². The summed E-state index contributed by atoms with van der Waals surface area (Å²) in [4.78, 5) is 9.10. The molecule has 0 bridgehead atoms. The molecular formula is C84H69N5O6. The van der Waals surface area contributed by atoms with Gasteiger partial charge < -0.3 is 52.6 Å². The van der Waals surface area contributed by atoms with Crippen molar-refractivity contribution in [2.75, 3.05) is 62.3 Å². The number of hydrogen-bond acceptors (Lipinski definition) is 10. The molecule has 1 heterocycles. The SMILES string of the molecule is COc1ccc(N(c2ccc(OC)cc2)c2ccc(-c3ccc(N(c4ccc(OC)cc4)c4ccc5c(c4)c4cc(N(c6ccc(OC)cc6)c6ccc(-c7ccc(N(c8ccc(OC)cc8)c8ccc(OC)cc8)cc7)cc6)ccc4n5-c4ccccc4)cc3)cc2)cc1. The lowest BCUT2D eigenvalue weighted by Crippen LogP contribution is -2.10. The Morgan fingerprint density at radius 2 is 0.389 bits per heavy atom. The summed E-state index contributed by atoms with van der Waals surface area (Å²) in [5, 5.41) is 2.20. The standard InChI is InChI=1S/C84H69N5O6/c1-90-75-42-28-67(29-43-75)85(68-30-44-76(91-2)45-31-68)63-20-12-58(13-21-63)60-16-24-65(25-17-60)87(71-36-50-79(94-5)51-37-71)73-40-54-83-81(56-73)82-57-74(41-55-84(82)89(83)62-10-8-7-9-11-62)88(72-38-52-80(95-6)53-39-72)66-26-18-61(19-27-66)59-14-22-64(23-15-59)86(69-32-46-77(92-3)47-33-69)70-34-48-78(93-4)49-35-70/h7-57H,1-6H3. The predicted molar refractivity (Wildman–Crippen MR) is 390 cm³/mol. The van der Waals surface area contributed by atoms with E-state index in [1.54, 1.807) is 42.7 Å². The van der Waals surface area contributed by atoms with E-state index >= 15 is 0 Å². The topological polar surface area (TPSA) is 73.3 Å². The first kappa shape index (κ1) is 60.2. The fourth-order valence-electron chi connectivity index (χ4n) is 12.5. The number of anilines is 12. The molecule has 0 fully saturated rings. The first-order valence-electron chi connectivity index (χ1n) is 31.4. The number of hydrogen-bond donors (Lipinski definition) is 0. The van der Waals surface area contributed by atoms with E-state index < -0.39 is 0 Å². The molecule has 0 amide bonds. The van der Waals surface area contributed by atoms with E-state index in [1.807, 2.05) is 72.8 Å². The lowest BCUT2D eigenvalue weighted by molar-refractivity contribution is 0.414. The highest BCUT2D eigenvalue weighted by Gasteiger charge is 2.22. The van der Waals surface area contributed by atoms with Crippen LogP contribution in [0.1, 0.15) is 0 Å². The average molecular weight is 1240 g/mol. The highest BCUT2D eigenvalue weighted by atomic mass is 16.5. The summed E-state index contributed by atoms with van der Waals surface area (Å²) in [6.45, 7) is 0. The molecule has 466 valence electrons. The molecule has 14 aromatic rings. The Kier molecular flexibility index (Phi) is 17.0. The first-order valence-corrected chi connectivity index (χ1v) is 31.4. The van der Waals surface area contributed by atoms with Gasteiger partial charge in [0.05, 0.1) is 53.7 Å². The van der Waals surface area contributed by atoms with Gasteiger partial charge in [-0.3, -0.25) is 0 Å². The summed E-state index contributed by atoms with van der Waals surface area (Å²) in [5.41, 5.74) is 19.7. The number of rotatable bonds is 21. The molecule has 13 aromatic carbocycles. The summed E-state index contributed by atoms with van der Waals surface area (Å²) >= 11 is 0. The molecule has 0 radical (unpaired) electrons. The van der Waals surface area contributed by atoms with Gasteiger partial charge in [-0.2, -0.15) is 0 Å². The van der Waals surface area contributed by atoms with Gasteiger partial charge in [0.2, 0.25) is 0 Å². The normalized spacial score (nSPS) is 11.1. The van der Waals surface area contributed by atoms with Gasteiger partial charge in [-0.05, 0) is 265 Å². The van der Waals surface area contributed by atoms with E-state index in [-0.39, 0.29) is 0 Å². The second-order valence-electron chi connectivity index (χ2n) is 22.8. The van der Waals surface area contributed by atoms with Crippen LogP contribution in [0.5, 0.6) is 34.5 Å². The predicted octanol–water partition coefficient (Wildman–Crippen LogP) is 22.0. The Hall–Kier alpha value is -12.3. The molecule has 0 saturated carbocycles. The van der Waals surface area contributed by atoms with E-state index in [9.17, 15) is 0 Å². The van der Waals surface area contributed by atoms with Crippen molar-refractivity contribution in [3.8, 4) is 62.4 Å². The maximum absolute atomic E-state index is 5.70. The van der Waals surface area contributed by atoms with Crippen LogP contribution in [0, 0.1) is 0 Å². The number of nitrogens with zero attached hydrogens (tertiary/aromatic N) is 5. The summed E-state index contributed by atoms with van der Waals surface area (Å²) in [5.74, 6) is 4.75. The fraction of sp³-hybridized carbons (Fsp3) is 0.0714. The van der Waals surface area contributed by atoms with Crippen LogP contribution in [0.25, 0.3) is 49.7 Å². The van der Waals surface area contributed by atoms with Crippen LogP contribution in [-0.2, 0) is 0 Å². The molecule has 0 N–H and O–H groups in total. The zero-order chi connectivity index (χ0) is 64.8. The Labute approximate surface area is 554 Å². The van der Waals surface area contributed by atoms with Gasteiger partial charge in [0.15, 0.2) is 0 Å². The fourth-order valence-corrected chi connectivity index (χ4v) is 12.5. The molecule has 0 atom stereocenters. The van der Waals surface area contributed by atoms with E-state index in [4.69, 9.17) is 28.4 Å². The number of methoxy groups -OCH3 is 6. The number of ether oxygens (including phenoxy) is 6. The highest BCUT2D eigenvalue weighted by Crippen LogP contribution is 2.46. The van der Waals surface area contributed by atoms with Gasteiger partial charge in [0.25, 0.3) is 0 Å². The van der Waals surface area contributed by atoms with Gasteiger partial charge in [-0.1, -0.05) is 66.7 Å². The van der Waals surface area contributed by atoms with Crippen molar-refractivity contribution in [3.05, 3.63) is 309 Å². The molecule has 14 rings (SSSR count). The maximum atomic E-state index is 5.70. The van der Waals surface area contributed by atoms with E-state index in [0.717, 1.165) is 152 Å². The summed E-state index contributed by atoms with van der Waals surface area (Å²) in [6, 6.07) is 108. The van der Waals surface area contributed by atoms with Gasteiger partial charge >= 0.3 is 0 Å². The second-order valence-corrected chi connectivity index (χ2v) is 22.8. The summed E-state index contributed by atoms with van der Waals surface area (Å²) in [7, 11) is 10.1. The number of benzene rings is 13. The molecule has 0 spiro atoms. The average Bonchev–Trinajstić information content (AvgIpc) is 1.59. The van der Waals surface area contributed by atoms with Crippen molar-refractivity contribution in [1.29, 1.82) is 0 Å². The first-order chi connectivity index (χ1) is 46.8. The van der Waals surface area contributed by atoms with Crippen LogP contribution < -0.4 is 48.0 Å². The molecule has 0 aliphatic rings. The van der Waals surface area contributed by atoms with Crippen LogP contribution in [0.4, 0.5) is 68.2 Å². The van der Waals surface area contributed by atoms with E-state index in [1.165, 1.54) is 0 Å². The maximum Gasteiger partial charge on any atom is 0.119 e. The van der Waals surface area contributed by atoms with E-state index in [0.29, 0.717) is 0 Å². The minimum atomic E-state index is 0.781. The number of para-hydroxylation sites is 1. The summed E-state index contributed by atoms with van der Waals surface area (Å²) < 4.78 is 35.8. The third kappa shape index (κ3) is 12.3. The van der Waals surface area contributed by atoms with Gasteiger partial charge in [-0.15, -0.1) is 0 Å². The van der Waals surface area contributed by atoms with Crippen molar-refractivity contribution in [3.63, 3.8) is 0 Å². The molecular weight excluding hydrogens is 1170 g/mol. The Bertz CT molecular complexity index is 4510. The minimum Gasteiger partial charge on any atom is -0.497 e. The Morgan fingerprint density at radius 3 is 0.600 bits per heavy atom. The number of aromatic nitrogens is 1. The van der Waals surface area contributed by atoms with Crippen molar-refractivity contribution in [2.24, 2.45) is 0 Å². The smallest absolute Gasteiger partial charge is 0.119 e. The van der Waals surface area contributed by atoms with Crippen LogP contribution in [0.3, 0.4) is 0 Å². The zero-order valence-corrected chi connectivity index (χ0v) is 53.6. The highest BCUT2D eigenvalue weighted by molar-refractivity contribution is 6.12. The molecule has 0 aliphatic heterocycles. The third-order valence-corrected chi connectivity index (χ3v) is 17.4. The molecule has 0 saturated heterocycles. The largest absolute Gasteiger partial charge is 0.497 e. The zero-order valence-electron chi connectivity index (χ0n) is 53.6. The van der Waals surface area contributed by atoms with Gasteiger partial charge in [-0.25, -0.2) is 0 Å². The molecule has 1 aromatic heterocycles. The molecule has 11 heteroatoms. The van der Waals surface area contributed by atoms with Crippen LogP contribution in [-0.4, -0.2) is 47.2 Å².